The van der Waals surface area contributed by atoms with Gasteiger partial charge in [-0.1, -0.05) is 6.07 Å². The number of amides is 1. The highest BCUT2D eigenvalue weighted by atomic mass is 19.1. The Morgan fingerprint density at radius 3 is 3.00 bits per heavy atom. The van der Waals surface area contributed by atoms with E-state index in [4.69, 9.17) is 4.74 Å². The number of aromatic amines is 1. The molecule has 0 aliphatic carbocycles. The van der Waals surface area contributed by atoms with Crippen LogP contribution in [0.3, 0.4) is 0 Å². The van der Waals surface area contributed by atoms with E-state index >= 15 is 0 Å². The Hall–Kier alpha value is -2.41. The van der Waals surface area contributed by atoms with Crippen molar-refractivity contribution in [3.8, 4) is 5.75 Å². The molecule has 26 heavy (non-hydrogen) atoms. The molecule has 0 bridgehead atoms. The molecule has 2 aromatic rings. The molecule has 1 fully saturated rings. The zero-order chi connectivity index (χ0) is 18.5. The summed E-state index contributed by atoms with van der Waals surface area (Å²) in [5.74, 6) is 0.529. The van der Waals surface area contributed by atoms with Crippen LogP contribution in [-0.4, -0.2) is 59.1 Å². The van der Waals surface area contributed by atoms with Crippen molar-refractivity contribution >= 4 is 5.91 Å². The zero-order valence-electron chi connectivity index (χ0n) is 15.2. The fraction of sp³-hybridized carbons (Fsp3) is 0.474. The summed E-state index contributed by atoms with van der Waals surface area (Å²) in [4.78, 5) is 16.9. The average molecular weight is 360 g/mol. The first-order valence-electron chi connectivity index (χ1n) is 8.95. The number of H-pyrrole nitrogens is 1. The quantitative estimate of drug-likeness (QED) is 0.824. The van der Waals surface area contributed by atoms with Gasteiger partial charge in [0.1, 0.15) is 18.2 Å². The summed E-state index contributed by atoms with van der Waals surface area (Å²) in [5.41, 5.74) is 1.06. The normalized spacial score (nSPS) is 17.4. The van der Waals surface area contributed by atoms with Crippen molar-refractivity contribution in [1.82, 2.24) is 20.0 Å². The third-order valence-electron chi connectivity index (χ3n) is 4.68. The van der Waals surface area contributed by atoms with Gasteiger partial charge in [0.2, 0.25) is 0 Å². The molecule has 6 nitrogen and oxygen atoms in total. The lowest BCUT2D eigenvalue weighted by atomic mass is 10.1. The lowest BCUT2D eigenvalue weighted by Gasteiger charge is -2.23. The molecule has 7 heteroatoms. The molecule has 1 atom stereocenters. The van der Waals surface area contributed by atoms with E-state index in [1.165, 1.54) is 12.1 Å². The number of nitrogens with zero attached hydrogens (tertiary/aromatic N) is 3. The van der Waals surface area contributed by atoms with Gasteiger partial charge in [0, 0.05) is 25.7 Å². The Balaban J connectivity index is 1.57. The number of carbonyl (C=O) groups is 1. The van der Waals surface area contributed by atoms with Crippen molar-refractivity contribution in [3.63, 3.8) is 0 Å². The molecule has 1 aromatic carbocycles. The van der Waals surface area contributed by atoms with Gasteiger partial charge in [-0.25, -0.2) is 4.39 Å². The van der Waals surface area contributed by atoms with E-state index in [9.17, 15) is 9.18 Å². The van der Waals surface area contributed by atoms with E-state index < -0.39 is 0 Å². The van der Waals surface area contributed by atoms with Crippen LogP contribution in [0, 0.1) is 11.7 Å². The number of rotatable bonds is 7. The van der Waals surface area contributed by atoms with E-state index in [2.05, 4.69) is 22.1 Å². The van der Waals surface area contributed by atoms with E-state index in [1.807, 2.05) is 11.8 Å². The van der Waals surface area contributed by atoms with Crippen LogP contribution in [0.25, 0.3) is 0 Å². The van der Waals surface area contributed by atoms with Crippen molar-refractivity contribution in [2.24, 2.45) is 5.92 Å². The first kappa shape index (κ1) is 18.4. The zero-order valence-corrected chi connectivity index (χ0v) is 15.2. The molecule has 3 rings (SSSR count). The monoisotopic (exact) mass is 360 g/mol. The van der Waals surface area contributed by atoms with Crippen LogP contribution in [0.1, 0.15) is 29.5 Å². The minimum absolute atomic E-state index is 0.0738. The minimum Gasteiger partial charge on any atom is -0.487 e. The summed E-state index contributed by atoms with van der Waals surface area (Å²) < 4.78 is 18.7. The van der Waals surface area contributed by atoms with E-state index in [1.54, 1.807) is 18.2 Å². The molecule has 0 unspecified atom stereocenters. The van der Waals surface area contributed by atoms with Gasteiger partial charge >= 0.3 is 0 Å². The number of aromatic nitrogens is 2. The highest BCUT2D eigenvalue weighted by molar-refractivity contribution is 5.92. The molecule has 0 spiro atoms. The smallest absolute Gasteiger partial charge is 0.274 e. The van der Waals surface area contributed by atoms with Crippen molar-refractivity contribution in [3.05, 3.63) is 47.5 Å². The van der Waals surface area contributed by atoms with Crippen molar-refractivity contribution in [2.45, 2.75) is 20.0 Å². The predicted molar refractivity (Wildman–Crippen MR) is 96.5 cm³/mol. The van der Waals surface area contributed by atoms with Crippen LogP contribution < -0.4 is 4.74 Å². The second-order valence-electron chi connectivity index (χ2n) is 6.79. The summed E-state index contributed by atoms with van der Waals surface area (Å²) in [6.45, 7) is 5.70. The van der Waals surface area contributed by atoms with Gasteiger partial charge in [0.05, 0.1) is 5.69 Å². The number of nitrogens with one attached hydrogen (secondary N) is 1. The summed E-state index contributed by atoms with van der Waals surface area (Å²) in [7, 11) is 2.11. The number of ether oxygens (including phenoxy) is 1. The molecule has 0 saturated carbocycles. The highest BCUT2D eigenvalue weighted by Gasteiger charge is 2.25. The van der Waals surface area contributed by atoms with Crippen LogP contribution in [0.4, 0.5) is 4.39 Å². The van der Waals surface area contributed by atoms with Crippen molar-refractivity contribution < 1.29 is 13.9 Å². The molecule has 2 heterocycles. The number of carbonyl (C=O) groups excluding carboxylic acids is 1. The Bertz CT molecular complexity index is 749. The SMILES string of the molecule is CCN(C[C@@H]1CCN(C)C1)C(=O)c1cc(COc2cccc(F)c2)[nH]n1. The Morgan fingerprint density at radius 2 is 2.31 bits per heavy atom. The molecule has 1 amide bonds. The third-order valence-corrected chi connectivity index (χ3v) is 4.68. The number of halogens is 1. The maximum absolute atomic E-state index is 13.2. The van der Waals surface area contributed by atoms with E-state index in [0.717, 1.165) is 26.1 Å². The molecule has 1 aromatic heterocycles. The van der Waals surface area contributed by atoms with Gasteiger partial charge in [-0.05, 0) is 51.1 Å². The van der Waals surface area contributed by atoms with Crippen LogP contribution in [0.2, 0.25) is 0 Å². The van der Waals surface area contributed by atoms with Crippen LogP contribution in [-0.2, 0) is 6.61 Å². The molecular weight excluding hydrogens is 335 g/mol. The van der Waals surface area contributed by atoms with Crippen molar-refractivity contribution in [1.29, 1.82) is 0 Å². The maximum atomic E-state index is 13.2. The topological polar surface area (TPSA) is 61.5 Å². The Labute approximate surface area is 152 Å². The number of likely N-dealkylation sites (tertiary alicyclic amines) is 1. The van der Waals surface area contributed by atoms with Crippen molar-refractivity contribution in [2.75, 3.05) is 33.2 Å². The lowest BCUT2D eigenvalue weighted by Crippen LogP contribution is -2.36. The second-order valence-corrected chi connectivity index (χ2v) is 6.79. The highest BCUT2D eigenvalue weighted by Crippen LogP contribution is 2.17. The molecule has 1 aliphatic heterocycles. The maximum Gasteiger partial charge on any atom is 0.274 e. The van der Waals surface area contributed by atoms with Gasteiger partial charge in [-0.3, -0.25) is 9.89 Å². The van der Waals surface area contributed by atoms with Crippen LogP contribution in [0.15, 0.2) is 30.3 Å². The first-order chi connectivity index (χ1) is 12.5. The number of hydrogen-bond acceptors (Lipinski definition) is 4. The summed E-state index contributed by atoms with van der Waals surface area (Å²) >= 11 is 0. The standard InChI is InChI=1S/C19H25FN4O2/c1-3-24(12-14-7-8-23(2)11-14)19(25)18-10-16(21-22-18)13-26-17-6-4-5-15(20)9-17/h4-6,9-10,14H,3,7-8,11-13H2,1-2H3,(H,21,22)/t14-/m1/s1. The summed E-state index contributed by atoms with van der Waals surface area (Å²) in [6, 6.07) is 7.65. The Morgan fingerprint density at radius 1 is 1.46 bits per heavy atom. The summed E-state index contributed by atoms with van der Waals surface area (Å²) in [5, 5.41) is 6.95. The third kappa shape index (κ3) is 4.60. The van der Waals surface area contributed by atoms with Gasteiger partial charge in [0.25, 0.3) is 5.91 Å². The lowest BCUT2D eigenvalue weighted by molar-refractivity contribution is 0.0734. The first-order valence-corrected chi connectivity index (χ1v) is 8.95. The average Bonchev–Trinajstić information content (AvgIpc) is 3.26. The van der Waals surface area contributed by atoms with Gasteiger partial charge in [0.15, 0.2) is 5.69 Å². The minimum atomic E-state index is -0.348. The number of hydrogen-bond donors (Lipinski definition) is 1. The van der Waals surface area contributed by atoms with Gasteiger partial charge in [-0.15, -0.1) is 0 Å². The van der Waals surface area contributed by atoms with Gasteiger partial charge in [-0.2, -0.15) is 5.10 Å². The molecular formula is C19H25FN4O2. The van der Waals surface area contributed by atoms with Crippen LogP contribution >= 0.6 is 0 Å². The molecule has 1 N–H and O–H groups in total. The molecule has 1 aliphatic rings. The molecule has 1 saturated heterocycles. The van der Waals surface area contributed by atoms with E-state index in [0.29, 0.717) is 29.6 Å². The largest absolute Gasteiger partial charge is 0.487 e. The molecule has 0 radical (unpaired) electrons. The number of benzene rings is 1. The Kier molecular flexibility index (Phi) is 5.88. The fourth-order valence-corrected chi connectivity index (χ4v) is 3.27. The van der Waals surface area contributed by atoms with Crippen LogP contribution in [0.5, 0.6) is 5.75 Å². The van der Waals surface area contributed by atoms with E-state index in [-0.39, 0.29) is 18.3 Å². The second kappa shape index (κ2) is 8.31. The fourth-order valence-electron chi connectivity index (χ4n) is 3.27. The van der Waals surface area contributed by atoms with Gasteiger partial charge < -0.3 is 14.5 Å². The predicted octanol–water partition coefficient (Wildman–Crippen LogP) is 2.54. The summed E-state index contributed by atoms with van der Waals surface area (Å²) in [6.07, 6.45) is 1.12. The molecule has 140 valence electrons.